The van der Waals surface area contributed by atoms with Crippen molar-refractivity contribution < 1.29 is 4.52 Å². The molecule has 0 amide bonds. The molecule has 4 heteroatoms. The fourth-order valence-corrected chi connectivity index (χ4v) is 1.15. The normalized spacial score (nSPS) is 10.2. The van der Waals surface area contributed by atoms with Gasteiger partial charge in [-0.15, -0.1) is 0 Å². The second kappa shape index (κ2) is 2.90. The van der Waals surface area contributed by atoms with E-state index in [1.54, 1.807) is 12.4 Å². The number of rotatable bonds is 1. The molecular formula is C9H9N3O. The number of aryl methyl sites for hydroxylation is 1. The van der Waals surface area contributed by atoms with Crippen molar-refractivity contribution in [2.75, 3.05) is 5.73 Å². The molecule has 66 valence electrons. The zero-order valence-corrected chi connectivity index (χ0v) is 7.19. The van der Waals surface area contributed by atoms with Crippen molar-refractivity contribution in [2.45, 2.75) is 6.92 Å². The van der Waals surface area contributed by atoms with E-state index in [1.807, 2.05) is 13.0 Å². The summed E-state index contributed by atoms with van der Waals surface area (Å²) in [6.07, 6.45) is 4.93. The first kappa shape index (κ1) is 7.79. The molecule has 2 rings (SSSR count). The molecule has 13 heavy (non-hydrogen) atoms. The lowest BCUT2D eigenvalue weighted by Gasteiger charge is -1.99. The zero-order valence-electron chi connectivity index (χ0n) is 7.19. The van der Waals surface area contributed by atoms with Crippen LogP contribution in [0.15, 0.2) is 29.2 Å². The van der Waals surface area contributed by atoms with Crippen LogP contribution in [0, 0.1) is 6.92 Å². The molecule has 0 saturated heterocycles. The Bertz CT molecular complexity index is 422. The van der Waals surface area contributed by atoms with Crippen molar-refractivity contribution in [3.05, 3.63) is 30.2 Å². The molecule has 0 unspecified atom stereocenters. The average molecular weight is 175 g/mol. The van der Waals surface area contributed by atoms with Crippen molar-refractivity contribution in [1.82, 2.24) is 10.1 Å². The highest BCUT2D eigenvalue weighted by Gasteiger charge is 2.09. The highest BCUT2D eigenvalue weighted by atomic mass is 16.5. The van der Waals surface area contributed by atoms with Gasteiger partial charge in [0.05, 0.1) is 6.20 Å². The van der Waals surface area contributed by atoms with E-state index in [9.17, 15) is 0 Å². The predicted molar refractivity (Wildman–Crippen MR) is 48.9 cm³/mol. The summed E-state index contributed by atoms with van der Waals surface area (Å²) in [6.45, 7) is 1.97. The SMILES string of the molecule is Cc1ccncc1-c1oncc1N. The van der Waals surface area contributed by atoms with Crippen LogP contribution in [-0.2, 0) is 0 Å². The largest absolute Gasteiger partial charge is 0.394 e. The first-order valence-electron chi connectivity index (χ1n) is 3.90. The molecule has 0 spiro atoms. The van der Waals surface area contributed by atoms with Gasteiger partial charge in [-0.3, -0.25) is 4.98 Å². The Balaban J connectivity index is 2.59. The minimum atomic E-state index is 0.538. The number of aromatic nitrogens is 2. The van der Waals surface area contributed by atoms with E-state index < -0.39 is 0 Å². The molecule has 0 aliphatic carbocycles. The number of nitrogen functional groups attached to an aromatic ring is 1. The molecule has 0 aliphatic heterocycles. The standard InChI is InChI=1S/C9H9N3O/c1-6-2-3-11-4-7(6)9-8(10)5-12-13-9/h2-5H,10H2,1H3. The third kappa shape index (κ3) is 1.26. The Kier molecular flexibility index (Phi) is 1.73. The van der Waals surface area contributed by atoms with E-state index in [-0.39, 0.29) is 0 Å². The topological polar surface area (TPSA) is 64.9 Å². The van der Waals surface area contributed by atoms with Crippen LogP contribution in [0.5, 0.6) is 0 Å². The maximum Gasteiger partial charge on any atom is 0.191 e. The summed E-state index contributed by atoms with van der Waals surface area (Å²) in [6, 6.07) is 1.90. The van der Waals surface area contributed by atoms with Crippen LogP contribution < -0.4 is 5.73 Å². The molecule has 0 radical (unpaired) electrons. The van der Waals surface area contributed by atoms with Crippen molar-refractivity contribution >= 4 is 5.69 Å². The Morgan fingerprint density at radius 3 is 2.85 bits per heavy atom. The van der Waals surface area contributed by atoms with Crippen molar-refractivity contribution in [3.8, 4) is 11.3 Å². The molecule has 0 atom stereocenters. The summed E-state index contributed by atoms with van der Waals surface area (Å²) >= 11 is 0. The number of anilines is 1. The van der Waals surface area contributed by atoms with E-state index in [0.29, 0.717) is 11.4 Å². The number of pyridine rings is 1. The van der Waals surface area contributed by atoms with Crippen molar-refractivity contribution in [3.63, 3.8) is 0 Å². The molecule has 2 aromatic rings. The van der Waals surface area contributed by atoms with Crippen LogP contribution in [0.25, 0.3) is 11.3 Å². The second-order valence-corrected chi connectivity index (χ2v) is 2.80. The summed E-state index contributed by atoms with van der Waals surface area (Å²) in [5.41, 5.74) is 8.15. The van der Waals surface area contributed by atoms with Gasteiger partial charge in [-0.25, -0.2) is 0 Å². The minimum absolute atomic E-state index is 0.538. The van der Waals surface area contributed by atoms with Crippen LogP contribution in [0.4, 0.5) is 5.69 Å². The number of nitrogens with zero attached hydrogens (tertiary/aromatic N) is 2. The van der Waals surface area contributed by atoms with Crippen LogP contribution in [0.2, 0.25) is 0 Å². The van der Waals surface area contributed by atoms with Gasteiger partial charge in [0.1, 0.15) is 5.69 Å². The molecule has 0 aromatic carbocycles. The fourth-order valence-electron chi connectivity index (χ4n) is 1.15. The van der Waals surface area contributed by atoms with Crippen molar-refractivity contribution in [2.24, 2.45) is 0 Å². The van der Waals surface area contributed by atoms with Gasteiger partial charge in [0.15, 0.2) is 5.76 Å². The Morgan fingerprint density at radius 2 is 2.23 bits per heavy atom. The smallest absolute Gasteiger partial charge is 0.191 e. The molecule has 2 heterocycles. The van der Waals surface area contributed by atoms with Crippen LogP contribution >= 0.6 is 0 Å². The summed E-state index contributed by atoms with van der Waals surface area (Å²) in [4.78, 5) is 4.00. The van der Waals surface area contributed by atoms with Gasteiger partial charge < -0.3 is 10.3 Å². The third-order valence-electron chi connectivity index (χ3n) is 1.88. The lowest BCUT2D eigenvalue weighted by atomic mass is 10.1. The monoisotopic (exact) mass is 175 g/mol. The third-order valence-corrected chi connectivity index (χ3v) is 1.88. The van der Waals surface area contributed by atoms with Crippen LogP contribution in [0.3, 0.4) is 0 Å². The number of hydrogen-bond donors (Lipinski definition) is 1. The summed E-state index contributed by atoms with van der Waals surface area (Å²) in [7, 11) is 0. The van der Waals surface area contributed by atoms with E-state index in [4.69, 9.17) is 10.3 Å². The first-order chi connectivity index (χ1) is 6.29. The van der Waals surface area contributed by atoms with E-state index in [0.717, 1.165) is 11.1 Å². The van der Waals surface area contributed by atoms with E-state index in [2.05, 4.69) is 10.1 Å². The lowest BCUT2D eigenvalue weighted by Crippen LogP contribution is -1.88. The lowest BCUT2D eigenvalue weighted by molar-refractivity contribution is 0.432. The molecule has 0 saturated carbocycles. The molecule has 2 N–H and O–H groups in total. The summed E-state index contributed by atoms with van der Waals surface area (Å²) in [5, 5.41) is 3.61. The predicted octanol–water partition coefficient (Wildman–Crippen LogP) is 1.63. The second-order valence-electron chi connectivity index (χ2n) is 2.80. The van der Waals surface area contributed by atoms with Gasteiger partial charge in [-0.1, -0.05) is 5.16 Å². The maximum atomic E-state index is 5.66. The molecular weight excluding hydrogens is 166 g/mol. The van der Waals surface area contributed by atoms with Crippen molar-refractivity contribution in [1.29, 1.82) is 0 Å². The molecule has 4 nitrogen and oxygen atoms in total. The number of hydrogen-bond acceptors (Lipinski definition) is 4. The van der Waals surface area contributed by atoms with Gasteiger partial charge in [-0.05, 0) is 18.6 Å². The van der Waals surface area contributed by atoms with Crippen LogP contribution in [0.1, 0.15) is 5.56 Å². The van der Waals surface area contributed by atoms with Gasteiger partial charge in [0.25, 0.3) is 0 Å². The van der Waals surface area contributed by atoms with Gasteiger partial charge in [0.2, 0.25) is 0 Å². The molecule has 0 bridgehead atoms. The highest BCUT2D eigenvalue weighted by Crippen LogP contribution is 2.26. The molecule has 0 fully saturated rings. The van der Waals surface area contributed by atoms with Crippen LogP contribution in [-0.4, -0.2) is 10.1 Å². The van der Waals surface area contributed by atoms with E-state index in [1.165, 1.54) is 6.20 Å². The Labute approximate surface area is 75.4 Å². The Hall–Kier alpha value is -1.84. The highest BCUT2D eigenvalue weighted by molar-refractivity contribution is 5.71. The number of nitrogens with two attached hydrogens (primary N) is 1. The first-order valence-corrected chi connectivity index (χ1v) is 3.90. The summed E-state index contributed by atoms with van der Waals surface area (Å²) < 4.78 is 5.02. The maximum absolute atomic E-state index is 5.66. The van der Waals surface area contributed by atoms with Gasteiger partial charge in [-0.2, -0.15) is 0 Å². The van der Waals surface area contributed by atoms with E-state index >= 15 is 0 Å². The van der Waals surface area contributed by atoms with Gasteiger partial charge in [0, 0.05) is 18.0 Å². The molecule has 0 aliphatic rings. The quantitative estimate of drug-likeness (QED) is 0.715. The summed E-state index contributed by atoms with van der Waals surface area (Å²) in [5.74, 6) is 0.589. The fraction of sp³-hybridized carbons (Fsp3) is 0.111. The van der Waals surface area contributed by atoms with Gasteiger partial charge >= 0.3 is 0 Å². The minimum Gasteiger partial charge on any atom is -0.394 e. The zero-order chi connectivity index (χ0) is 9.26. The Morgan fingerprint density at radius 1 is 1.38 bits per heavy atom. The molecule has 2 aromatic heterocycles. The average Bonchev–Trinajstić information content (AvgIpc) is 2.52.